The van der Waals surface area contributed by atoms with E-state index in [1.165, 1.54) is 23.9 Å². The second kappa shape index (κ2) is 8.71. The molecule has 0 radical (unpaired) electrons. The molecular formula is C20H20N4O3S. The van der Waals surface area contributed by atoms with Gasteiger partial charge in [0.15, 0.2) is 0 Å². The fraction of sp³-hybridized carbons (Fsp3) is 0.200. The molecule has 1 unspecified atom stereocenters. The summed E-state index contributed by atoms with van der Waals surface area (Å²) in [7, 11) is 1.76. The molecule has 7 nitrogen and oxygen atoms in total. The van der Waals surface area contributed by atoms with E-state index < -0.39 is 4.92 Å². The van der Waals surface area contributed by atoms with Crippen LogP contribution in [0.15, 0.2) is 71.9 Å². The maximum absolute atomic E-state index is 12.7. The number of amides is 1. The van der Waals surface area contributed by atoms with Crippen LogP contribution in [0.25, 0.3) is 5.69 Å². The van der Waals surface area contributed by atoms with Gasteiger partial charge in [-0.3, -0.25) is 14.9 Å². The maximum atomic E-state index is 12.7. The first kappa shape index (κ1) is 19.6. The number of benzene rings is 2. The number of nitrogens with zero attached hydrogens (tertiary/aromatic N) is 4. The van der Waals surface area contributed by atoms with Gasteiger partial charge in [-0.25, -0.2) is 4.68 Å². The Hall–Kier alpha value is -3.13. The minimum absolute atomic E-state index is 0.0178. The van der Waals surface area contributed by atoms with Crippen molar-refractivity contribution in [1.29, 1.82) is 0 Å². The van der Waals surface area contributed by atoms with E-state index in [0.717, 1.165) is 16.1 Å². The fourth-order valence-corrected chi connectivity index (χ4v) is 3.71. The van der Waals surface area contributed by atoms with Gasteiger partial charge in [-0.2, -0.15) is 5.10 Å². The van der Waals surface area contributed by atoms with Crippen LogP contribution in [0.4, 0.5) is 5.69 Å². The molecule has 1 atom stereocenters. The van der Waals surface area contributed by atoms with Crippen molar-refractivity contribution in [3.05, 3.63) is 82.7 Å². The van der Waals surface area contributed by atoms with Crippen LogP contribution in [-0.4, -0.2) is 37.8 Å². The molecule has 1 amide bonds. The van der Waals surface area contributed by atoms with Crippen molar-refractivity contribution in [2.75, 3.05) is 7.05 Å². The highest BCUT2D eigenvalue weighted by Crippen LogP contribution is 2.26. The third-order valence-electron chi connectivity index (χ3n) is 4.16. The molecular weight excluding hydrogens is 376 g/mol. The molecule has 1 heterocycles. The third-order valence-corrected chi connectivity index (χ3v) is 5.26. The van der Waals surface area contributed by atoms with E-state index in [1.54, 1.807) is 35.0 Å². The standard InChI is InChI=1S/C20H20N4O3S/c1-15(28-19-10-8-18(9-11-19)24(26)27)20(25)22(2)13-16-12-21-23(14-16)17-6-4-3-5-7-17/h3-12,14-15H,13H2,1-2H3. The number of non-ortho nitro benzene ring substituents is 1. The Morgan fingerprint density at radius 3 is 2.54 bits per heavy atom. The molecule has 0 saturated heterocycles. The van der Waals surface area contributed by atoms with E-state index in [0.29, 0.717) is 6.54 Å². The number of rotatable bonds is 7. The zero-order chi connectivity index (χ0) is 20.1. The van der Waals surface area contributed by atoms with E-state index in [9.17, 15) is 14.9 Å². The second-order valence-corrected chi connectivity index (χ2v) is 7.75. The number of hydrogen-bond acceptors (Lipinski definition) is 5. The number of nitro benzene ring substituents is 1. The number of carbonyl (C=O) groups excluding carboxylic acids is 1. The first-order chi connectivity index (χ1) is 13.4. The smallest absolute Gasteiger partial charge is 0.269 e. The lowest BCUT2D eigenvalue weighted by atomic mass is 10.3. The Kier molecular flexibility index (Phi) is 6.10. The van der Waals surface area contributed by atoms with Crippen LogP contribution >= 0.6 is 11.8 Å². The van der Waals surface area contributed by atoms with Gasteiger partial charge in [0.25, 0.3) is 5.69 Å². The molecule has 0 aliphatic heterocycles. The van der Waals surface area contributed by atoms with E-state index in [-0.39, 0.29) is 16.8 Å². The Bertz CT molecular complexity index is 957. The first-order valence-electron chi connectivity index (χ1n) is 8.69. The van der Waals surface area contributed by atoms with Crippen molar-refractivity contribution in [1.82, 2.24) is 14.7 Å². The van der Waals surface area contributed by atoms with Crippen LogP contribution in [0.5, 0.6) is 0 Å². The van der Waals surface area contributed by atoms with Crippen molar-refractivity contribution in [3.8, 4) is 5.69 Å². The largest absolute Gasteiger partial charge is 0.340 e. The molecule has 144 valence electrons. The van der Waals surface area contributed by atoms with Gasteiger partial charge in [-0.05, 0) is 31.2 Å². The van der Waals surface area contributed by atoms with Gasteiger partial charge in [0, 0.05) is 42.4 Å². The third kappa shape index (κ3) is 4.77. The molecule has 8 heteroatoms. The highest BCUT2D eigenvalue weighted by molar-refractivity contribution is 8.00. The lowest BCUT2D eigenvalue weighted by molar-refractivity contribution is -0.384. The van der Waals surface area contributed by atoms with Crippen LogP contribution in [0, 0.1) is 10.1 Å². The minimum Gasteiger partial charge on any atom is -0.340 e. The summed E-state index contributed by atoms with van der Waals surface area (Å²) in [5.74, 6) is -0.0178. The van der Waals surface area contributed by atoms with Crippen LogP contribution in [0.2, 0.25) is 0 Å². The average molecular weight is 396 g/mol. The Balaban J connectivity index is 1.59. The summed E-state index contributed by atoms with van der Waals surface area (Å²) in [5, 5.41) is 14.8. The quantitative estimate of drug-likeness (QED) is 0.343. The van der Waals surface area contributed by atoms with E-state index >= 15 is 0 Å². The molecule has 1 aromatic heterocycles. The molecule has 0 bridgehead atoms. The molecule has 0 aliphatic rings. The number of para-hydroxylation sites is 1. The lowest BCUT2D eigenvalue weighted by Gasteiger charge is -2.20. The maximum Gasteiger partial charge on any atom is 0.269 e. The van der Waals surface area contributed by atoms with Gasteiger partial charge in [0.1, 0.15) is 0 Å². The number of carbonyl (C=O) groups is 1. The van der Waals surface area contributed by atoms with Crippen molar-refractivity contribution < 1.29 is 9.72 Å². The van der Waals surface area contributed by atoms with Crippen LogP contribution in [-0.2, 0) is 11.3 Å². The van der Waals surface area contributed by atoms with Gasteiger partial charge in [-0.15, -0.1) is 11.8 Å². The molecule has 0 saturated carbocycles. The molecule has 0 aliphatic carbocycles. The van der Waals surface area contributed by atoms with Gasteiger partial charge in [0.2, 0.25) is 5.91 Å². The summed E-state index contributed by atoms with van der Waals surface area (Å²) in [5.41, 5.74) is 1.94. The lowest BCUT2D eigenvalue weighted by Crippen LogP contribution is -2.32. The summed E-state index contributed by atoms with van der Waals surface area (Å²) in [4.78, 5) is 25.4. The van der Waals surface area contributed by atoms with Gasteiger partial charge < -0.3 is 4.90 Å². The van der Waals surface area contributed by atoms with E-state index in [4.69, 9.17) is 0 Å². The summed E-state index contributed by atoms with van der Waals surface area (Å²) < 4.78 is 1.78. The monoisotopic (exact) mass is 396 g/mol. The predicted octanol–water partition coefficient (Wildman–Crippen LogP) is 3.92. The minimum atomic E-state index is -0.438. The van der Waals surface area contributed by atoms with Crippen molar-refractivity contribution >= 4 is 23.4 Å². The molecule has 0 N–H and O–H groups in total. The number of thioether (sulfide) groups is 1. The molecule has 0 fully saturated rings. The first-order valence-corrected chi connectivity index (χ1v) is 9.57. The molecule has 3 aromatic rings. The van der Waals surface area contributed by atoms with E-state index in [1.807, 2.05) is 43.5 Å². The molecule has 28 heavy (non-hydrogen) atoms. The van der Waals surface area contributed by atoms with Crippen LogP contribution in [0.1, 0.15) is 12.5 Å². The highest BCUT2D eigenvalue weighted by atomic mass is 32.2. The number of hydrogen-bond donors (Lipinski definition) is 0. The second-order valence-electron chi connectivity index (χ2n) is 6.33. The summed E-state index contributed by atoms with van der Waals surface area (Å²) in [6.07, 6.45) is 3.66. The molecule has 3 rings (SSSR count). The van der Waals surface area contributed by atoms with Crippen molar-refractivity contribution in [2.45, 2.75) is 23.6 Å². The Morgan fingerprint density at radius 1 is 1.21 bits per heavy atom. The fourth-order valence-electron chi connectivity index (χ4n) is 2.73. The van der Waals surface area contributed by atoms with Crippen molar-refractivity contribution in [2.24, 2.45) is 0 Å². The SMILES string of the molecule is CC(Sc1ccc([N+](=O)[O-])cc1)C(=O)N(C)Cc1cnn(-c2ccccc2)c1. The molecule has 0 spiro atoms. The van der Waals surface area contributed by atoms with Crippen molar-refractivity contribution in [3.63, 3.8) is 0 Å². The normalized spacial score (nSPS) is 11.8. The van der Waals surface area contributed by atoms with Crippen LogP contribution < -0.4 is 0 Å². The average Bonchev–Trinajstić information content (AvgIpc) is 3.17. The summed E-state index contributed by atoms with van der Waals surface area (Å²) in [6.45, 7) is 2.29. The zero-order valence-electron chi connectivity index (χ0n) is 15.6. The topological polar surface area (TPSA) is 81.3 Å². The van der Waals surface area contributed by atoms with Crippen LogP contribution in [0.3, 0.4) is 0 Å². The summed E-state index contributed by atoms with van der Waals surface area (Å²) >= 11 is 1.38. The number of aromatic nitrogens is 2. The zero-order valence-corrected chi connectivity index (χ0v) is 16.4. The Labute approximate surface area is 167 Å². The highest BCUT2D eigenvalue weighted by Gasteiger charge is 2.20. The number of nitro groups is 1. The van der Waals surface area contributed by atoms with Gasteiger partial charge >= 0.3 is 0 Å². The molecule has 2 aromatic carbocycles. The van der Waals surface area contributed by atoms with Gasteiger partial charge in [0.05, 0.1) is 22.1 Å². The summed E-state index contributed by atoms with van der Waals surface area (Å²) in [6, 6.07) is 16.0. The Morgan fingerprint density at radius 2 is 1.89 bits per heavy atom. The predicted molar refractivity (Wildman–Crippen MR) is 108 cm³/mol. The van der Waals surface area contributed by atoms with Gasteiger partial charge in [-0.1, -0.05) is 18.2 Å². The van der Waals surface area contributed by atoms with E-state index in [2.05, 4.69) is 5.10 Å².